The van der Waals surface area contributed by atoms with Crippen LogP contribution in [-0.2, 0) is 19.1 Å². The number of esters is 1. The first-order valence-corrected chi connectivity index (χ1v) is 7.50. The van der Waals surface area contributed by atoms with E-state index in [1.54, 1.807) is 11.8 Å². The van der Waals surface area contributed by atoms with E-state index in [1.807, 2.05) is 0 Å². The average Bonchev–Trinajstić information content (AvgIpc) is 2.98. The zero-order valence-corrected chi connectivity index (χ0v) is 12.1. The number of piperazine rings is 1. The van der Waals surface area contributed by atoms with Gasteiger partial charge in [0.1, 0.15) is 6.04 Å². The molecule has 6 nitrogen and oxygen atoms in total. The summed E-state index contributed by atoms with van der Waals surface area (Å²) in [5.74, 6) is -0.287. The van der Waals surface area contributed by atoms with Crippen LogP contribution in [0.5, 0.6) is 0 Å². The number of hydrogen-bond donors (Lipinski definition) is 1. The molecule has 6 heteroatoms. The summed E-state index contributed by atoms with van der Waals surface area (Å²) in [5.41, 5.74) is 0. The molecule has 0 aromatic rings. The topological polar surface area (TPSA) is 67.9 Å². The minimum Gasteiger partial charge on any atom is -0.464 e. The first kappa shape index (κ1) is 15.3. The molecule has 2 atom stereocenters. The van der Waals surface area contributed by atoms with Crippen molar-refractivity contribution < 1.29 is 19.1 Å². The Morgan fingerprint density at radius 3 is 3.00 bits per heavy atom. The van der Waals surface area contributed by atoms with Gasteiger partial charge in [0.15, 0.2) is 0 Å². The van der Waals surface area contributed by atoms with Crippen molar-refractivity contribution in [1.29, 1.82) is 0 Å². The van der Waals surface area contributed by atoms with Crippen LogP contribution < -0.4 is 5.32 Å². The van der Waals surface area contributed by atoms with Gasteiger partial charge >= 0.3 is 5.97 Å². The third-order valence-electron chi connectivity index (χ3n) is 3.83. The lowest BCUT2D eigenvalue weighted by Gasteiger charge is -2.34. The van der Waals surface area contributed by atoms with Gasteiger partial charge in [-0.25, -0.2) is 4.79 Å². The second-order valence-corrected chi connectivity index (χ2v) is 5.23. The molecule has 2 fully saturated rings. The Bertz CT molecular complexity index is 342. The van der Waals surface area contributed by atoms with E-state index in [0.717, 1.165) is 32.4 Å². The van der Waals surface area contributed by atoms with Gasteiger partial charge in [-0.15, -0.1) is 0 Å². The molecule has 1 N–H and O–H groups in total. The Kier molecular flexibility index (Phi) is 5.79. The number of nitrogens with zero attached hydrogens (tertiary/aromatic N) is 1. The second-order valence-electron chi connectivity index (χ2n) is 5.23. The molecule has 0 aromatic heterocycles. The van der Waals surface area contributed by atoms with Crippen molar-refractivity contribution in [2.24, 2.45) is 0 Å². The van der Waals surface area contributed by atoms with Crippen molar-refractivity contribution >= 4 is 11.9 Å². The van der Waals surface area contributed by atoms with Gasteiger partial charge in [-0.2, -0.15) is 0 Å². The van der Waals surface area contributed by atoms with Crippen LogP contribution in [0.25, 0.3) is 0 Å². The number of carbonyl (C=O) groups excluding carboxylic acids is 2. The molecule has 1 amide bonds. The van der Waals surface area contributed by atoms with Crippen molar-refractivity contribution in [3.05, 3.63) is 0 Å². The molecule has 114 valence electrons. The molecule has 2 saturated heterocycles. The molecule has 2 heterocycles. The van der Waals surface area contributed by atoms with Crippen LogP contribution >= 0.6 is 0 Å². The molecule has 2 rings (SSSR count). The Hall–Kier alpha value is -1.14. The molecular weight excluding hydrogens is 260 g/mol. The predicted molar refractivity (Wildman–Crippen MR) is 73.2 cm³/mol. The van der Waals surface area contributed by atoms with E-state index in [-0.39, 0.29) is 18.0 Å². The minimum absolute atomic E-state index is 0.0278. The van der Waals surface area contributed by atoms with Crippen molar-refractivity contribution in [2.75, 3.05) is 32.8 Å². The molecular formula is C14H24N2O4. The lowest BCUT2D eigenvalue weighted by Crippen LogP contribution is -2.57. The molecule has 0 aromatic carbocycles. The first-order valence-electron chi connectivity index (χ1n) is 7.50. The number of rotatable bonds is 5. The largest absolute Gasteiger partial charge is 0.464 e. The molecule has 20 heavy (non-hydrogen) atoms. The van der Waals surface area contributed by atoms with E-state index in [4.69, 9.17) is 9.47 Å². The van der Waals surface area contributed by atoms with Crippen LogP contribution in [0.1, 0.15) is 32.6 Å². The van der Waals surface area contributed by atoms with Crippen molar-refractivity contribution in [3.8, 4) is 0 Å². The predicted octanol–water partition coefficient (Wildman–Crippen LogP) is 0.309. The SMILES string of the molecule is CCOC(=O)C1CNCCN1C(=O)CCC1CCCO1. The molecule has 0 bridgehead atoms. The summed E-state index contributed by atoms with van der Waals surface area (Å²) in [7, 11) is 0. The van der Waals surface area contributed by atoms with Crippen molar-refractivity contribution in [2.45, 2.75) is 44.8 Å². The van der Waals surface area contributed by atoms with Crippen molar-refractivity contribution in [3.63, 3.8) is 0 Å². The molecule has 2 aliphatic rings. The van der Waals surface area contributed by atoms with E-state index in [0.29, 0.717) is 26.1 Å². The Balaban J connectivity index is 1.85. The average molecular weight is 284 g/mol. The van der Waals surface area contributed by atoms with Gasteiger partial charge in [-0.1, -0.05) is 0 Å². The van der Waals surface area contributed by atoms with Crippen LogP contribution in [-0.4, -0.2) is 61.8 Å². The molecule has 0 radical (unpaired) electrons. The Labute approximate surface area is 119 Å². The number of ether oxygens (including phenoxy) is 2. The van der Waals surface area contributed by atoms with Crippen LogP contribution in [0.3, 0.4) is 0 Å². The summed E-state index contributed by atoms with van der Waals surface area (Å²) in [5, 5.41) is 3.14. The highest BCUT2D eigenvalue weighted by Gasteiger charge is 2.33. The minimum atomic E-state index is -0.485. The van der Waals surface area contributed by atoms with Crippen LogP contribution in [0.2, 0.25) is 0 Å². The number of nitrogens with one attached hydrogen (secondary N) is 1. The van der Waals surface area contributed by atoms with E-state index in [2.05, 4.69) is 5.32 Å². The molecule has 2 aliphatic heterocycles. The van der Waals surface area contributed by atoms with Gasteiger partial charge < -0.3 is 19.7 Å². The highest BCUT2D eigenvalue weighted by atomic mass is 16.5. The standard InChI is InChI=1S/C14H24N2O4/c1-2-19-14(18)12-10-15-7-8-16(12)13(17)6-5-11-4-3-9-20-11/h11-12,15H,2-10H2,1H3. The summed E-state index contributed by atoms with van der Waals surface area (Å²) in [4.78, 5) is 25.9. The molecule has 0 saturated carbocycles. The third-order valence-corrected chi connectivity index (χ3v) is 3.83. The highest BCUT2D eigenvalue weighted by molar-refractivity contribution is 5.85. The zero-order valence-electron chi connectivity index (χ0n) is 12.1. The van der Waals surface area contributed by atoms with E-state index in [9.17, 15) is 9.59 Å². The Morgan fingerprint density at radius 1 is 1.45 bits per heavy atom. The van der Waals surface area contributed by atoms with Crippen molar-refractivity contribution in [1.82, 2.24) is 10.2 Å². The van der Waals surface area contributed by atoms with Crippen LogP contribution in [0.4, 0.5) is 0 Å². The number of carbonyl (C=O) groups is 2. The van der Waals surface area contributed by atoms with Gasteiger partial charge in [0.25, 0.3) is 0 Å². The Morgan fingerprint density at radius 2 is 2.30 bits per heavy atom. The fourth-order valence-electron chi connectivity index (χ4n) is 2.75. The molecule has 0 spiro atoms. The lowest BCUT2D eigenvalue weighted by atomic mass is 10.1. The summed E-state index contributed by atoms with van der Waals surface area (Å²) < 4.78 is 10.6. The van der Waals surface area contributed by atoms with Gasteiger partial charge in [0.2, 0.25) is 5.91 Å². The third kappa shape index (κ3) is 3.93. The lowest BCUT2D eigenvalue weighted by molar-refractivity contribution is -0.156. The van der Waals surface area contributed by atoms with E-state index >= 15 is 0 Å². The smallest absolute Gasteiger partial charge is 0.330 e. The molecule has 0 aliphatic carbocycles. The van der Waals surface area contributed by atoms with Gasteiger partial charge in [-0.3, -0.25) is 4.79 Å². The van der Waals surface area contributed by atoms with Crippen LogP contribution in [0.15, 0.2) is 0 Å². The number of hydrogen-bond acceptors (Lipinski definition) is 5. The van der Waals surface area contributed by atoms with E-state index in [1.165, 1.54) is 0 Å². The second kappa shape index (κ2) is 7.59. The summed E-state index contributed by atoms with van der Waals surface area (Å²) in [6.45, 7) is 4.68. The summed E-state index contributed by atoms with van der Waals surface area (Å²) in [6.07, 6.45) is 3.52. The summed E-state index contributed by atoms with van der Waals surface area (Å²) >= 11 is 0. The maximum absolute atomic E-state index is 12.3. The fraction of sp³-hybridized carbons (Fsp3) is 0.857. The summed E-state index contributed by atoms with van der Waals surface area (Å²) in [6, 6.07) is -0.485. The molecule has 2 unspecified atom stereocenters. The maximum Gasteiger partial charge on any atom is 0.330 e. The maximum atomic E-state index is 12.3. The monoisotopic (exact) mass is 284 g/mol. The highest BCUT2D eigenvalue weighted by Crippen LogP contribution is 2.18. The zero-order chi connectivity index (χ0) is 14.4. The quantitative estimate of drug-likeness (QED) is 0.736. The van der Waals surface area contributed by atoms with E-state index < -0.39 is 6.04 Å². The fourth-order valence-corrected chi connectivity index (χ4v) is 2.75. The van der Waals surface area contributed by atoms with Gasteiger partial charge in [-0.05, 0) is 26.2 Å². The van der Waals surface area contributed by atoms with Gasteiger partial charge in [0, 0.05) is 32.7 Å². The first-order chi connectivity index (χ1) is 9.72. The van der Waals surface area contributed by atoms with Crippen LogP contribution in [0, 0.1) is 0 Å². The van der Waals surface area contributed by atoms with Gasteiger partial charge in [0.05, 0.1) is 12.7 Å². The number of amides is 1. The normalized spacial score (nSPS) is 26.6.